The number of likely N-dealkylation sites (tertiary alicyclic amines) is 1. The first kappa shape index (κ1) is 16.6. The predicted octanol–water partition coefficient (Wildman–Crippen LogP) is 3.53. The van der Waals surface area contributed by atoms with Gasteiger partial charge in [0.2, 0.25) is 5.91 Å². The van der Waals surface area contributed by atoms with Crippen molar-refractivity contribution in [1.82, 2.24) is 10.2 Å². The highest BCUT2D eigenvalue weighted by Gasteiger charge is 2.26. The summed E-state index contributed by atoms with van der Waals surface area (Å²) in [6.45, 7) is 1.82. The fourth-order valence-corrected chi connectivity index (χ4v) is 3.19. The molecule has 1 unspecified atom stereocenters. The fourth-order valence-electron chi connectivity index (χ4n) is 2.87. The smallest absolute Gasteiger partial charge is 0.227 e. The van der Waals surface area contributed by atoms with E-state index in [2.05, 4.69) is 5.32 Å². The van der Waals surface area contributed by atoms with Crippen molar-refractivity contribution in [3.8, 4) is 0 Å². The summed E-state index contributed by atoms with van der Waals surface area (Å²) in [7, 11) is 1.95. The standard InChI is InChI=1S/C16H22Cl2N2O/c1-19-8-7-13-4-2-3-9-20(13)16(21)11-12-5-6-14(17)15(18)10-12/h5-6,10,13,19H,2-4,7-9,11H2,1H3. The van der Waals surface area contributed by atoms with Crippen molar-refractivity contribution in [2.75, 3.05) is 20.1 Å². The molecule has 3 nitrogen and oxygen atoms in total. The lowest BCUT2D eigenvalue weighted by molar-refractivity contribution is -0.134. The molecule has 0 bridgehead atoms. The third kappa shape index (κ3) is 4.60. The minimum atomic E-state index is 0.189. The van der Waals surface area contributed by atoms with Gasteiger partial charge < -0.3 is 10.2 Å². The van der Waals surface area contributed by atoms with Crippen molar-refractivity contribution >= 4 is 29.1 Å². The van der Waals surface area contributed by atoms with Crippen LogP contribution in [0.5, 0.6) is 0 Å². The minimum absolute atomic E-state index is 0.189. The lowest BCUT2D eigenvalue weighted by atomic mass is 9.98. The van der Waals surface area contributed by atoms with Gasteiger partial charge in [-0.25, -0.2) is 0 Å². The van der Waals surface area contributed by atoms with Crippen LogP contribution in [0.2, 0.25) is 10.0 Å². The van der Waals surface area contributed by atoms with Gasteiger partial charge in [-0.1, -0.05) is 29.3 Å². The molecule has 21 heavy (non-hydrogen) atoms. The number of halogens is 2. The number of hydrogen-bond acceptors (Lipinski definition) is 2. The number of piperidine rings is 1. The van der Waals surface area contributed by atoms with Crippen molar-refractivity contribution in [3.05, 3.63) is 33.8 Å². The van der Waals surface area contributed by atoms with Gasteiger partial charge in [0.15, 0.2) is 0 Å². The van der Waals surface area contributed by atoms with E-state index in [4.69, 9.17) is 23.2 Å². The van der Waals surface area contributed by atoms with Crippen LogP contribution in [-0.2, 0) is 11.2 Å². The Hall–Kier alpha value is -0.770. The van der Waals surface area contributed by atoms with E-state index < -0.39 is 0 Å². The van der Waals surface area contributed by atoms with Gasteiger partial charge in [-0.3, -0.25) is 4.79 Å². The average Bonchev–Trinajstić information content (AvgIpc) is 2.49. The van der Waals surface area contributed by atoms with Crippen molar-refractivity contribution in [1.29, 1.82) is 0 Å². The van der Waals surface area contributed by atoms with Gasteiger partial charge in [0.05, 0.1) is 16.5 Å². The third-order valence-corrected chi connectivity index (χ3v) is 4.75. The Morgan fingerprint density at radius 1 is 1.33 bits per heavy atom. The summed E-state index contributed by atoms with van der Waals surface area (Å²) < 4.78 is 0. The summed E-state index contributed by atoms with van der Waals surface area (Å²) in [6.07, 6.45) is 4.83. The lowest BCUT2D eigenvalue weighted by Crippen LogP contribution is -2.45. The molecule has 0 aromatic heterocycles. The molecule has 5 heteroatoms. The molecular weight excluding hydrogens is 307 g/mol. The van der Waals surface area contributed by atoms with Gasteiger partial charge in [0.1, 0.15) is 0 Å². The van der Waals surface area contributed by atoms with Crippen molar-refractivity contribution in [2.24, 2.45) is 0 Å². The Bertz CT molecular complexity index is 493. The van der Waals surface area contributed by atoms with E-state index in [0.717, 1.165) is 37.9 Å². The van der Waals surface area contributed by atoms with Gasteiger partial charge in [0.25, 0.3) is 0 Å². The molecule has 1 heterocycles. The van der Waals surface area contributed by atoms with Gasteiger partial charge in [-0.15, -0.1) is 0 Å². The van der Waals surface area contributed by atoms with Crippen LogP contribution in [0.15, 0.2) is 18.2 Å². The first-order chi connectivity index (χ1) is 10.1. The Balaban J connectivity index is 2.01. The molecule has 1 aliphatic heterocycles. The first-order valence-electron chi connectivity index (χ1n) is 7.50. The SMILES string of the molecule is CNCCC1CCCCN1C(=O)Cc1ccc(Cl)c(Cl)c1. The molecule has 1 aromatic rings. The molecule has 0 radical (unpaired) electrons. The molecular formula is C16H22Cl2N2O. The zero-order chi connectivity index (χ0) is 15.2. The van der Waals surface area contributed by atoms with Crippen LogP contribution < -0.4 is 5.32 Å². The number of nitrogens with zero attached hydrogens (tertiary/aromatic N) is 1. The molecule has 0 saturated carbocycles. The Morgan fingerprint density at radius 3 is 2.86 bits per heavy atom. The monoisotopic (exact) mass is 328 g/mol. The molecule has 116 valence electrons. The van der Waals surface area contributed by atoms with Gasteiger partial charge in [-0.2, -0.15) is 0 Å². The maximum Gasteiger partial charge on any atom is 0.227 e. The molecule has 1 aliphatic rings. The molecule has 1 atom stereocenters. The zero-order valence-corrected chi connectivity index (χ0v) is 13.9. The summed E-state index contributed by atoms with van der Waals surface area (Å²) in [5.41, 5.74) is 0.923. The first-order valence-corrected chi connectivity index (χ1v) is 8.25. The number of hydrogen-bond donors (Lipinski definition) is 1. The second-order valence-corrected chi connectivity index (χ2v) is 6.37. The zero-order valence-electron chi connectivity index (χ0n) is 12.4. The maximum absolute atomic E-state index is 12.6. The number of carbonyl (C=O) groups is 1. The number of nitrogens with one attached hydrogen (secondary N) is 1. The highest BCUT2D eigenvalue weighted by molar-refractivity contribution is 6.42. The third-order valence-electron chi connectivity index (χ3n) is 4.01. The topological polar surface area (TPSA) is 32.3 Å². The van der Waals surface area contributed by atoms with Gasteiger partial charge in [0, 0.05) is 12.6 Å². The summed E-state index contributed by atoms with van der Waals surface area (Å²) in [4.78, 5) is 14.6. The van der Waals surface area contributed by atoms with E-state index >= 15 is 0 Å². The predicted molar refractivity (Wildman–Crippen MR) is 88.1 cm³/mol. The second-order valence-electron chi connectivity index (χ2n) is 5.55. The molecule has 0 aliphatic carbocycles. The molecule has 1 aromatic carbocycles. The lowest BCUT2D eigenvalue weighted by Gasteiger charge is -2.36. The minimum Gasteiger partial charge on any atom is -0.339 e. The number of rotatable bonds is 5. The molecule has 1 saturated heterocycles. The molecule has 1 N–H and O–H groups in total. The maximum atomic E-state index is 12.6. The Labute approximate surface area is 136 Å². The van der Waals surface area contributed by atoms with Crippen LogP contribution in [0.4, 0.5) is 0 Å². The molecule has 0 spiro atoms. The molecule has 2 rings (SSSR count). The molecule has 1 amide bonds. The van der Waals surface area contributed by atoms with Crippen LogP contribution in [0.25, 0.3) is 0 Å². The quantitative estimate of drug-likeness (QED) is 0.896. The fraction of sp³-hybridized carbons (Fsp3) is 0.562. The van der Waals surface area contributed by atoms with Gasteiger partial charge >= 0.3 is 0 Å². The normalized spacial score (nSPS) is 18.8. The Kier molecular flexibility index (Phi) is 6.34. The summed E-state index contributed by atoms with van der Waals surface area (Å²) in [5, 5.41) is 4.20. The highest BCUT2D eigenvalue weighted by atomic mass is 35.5. The van der Waals surface area contributed by atoms with Crippen molar-refractivity contribution in [3.63, 3.8) is 0 Å². The van der Waals surface area contributed by atoms with Crippen LogP contribution in [0, 0.1) is 0 Å². The van der Waals surface area contributed by atoms with Crippen LogP contribution in [0.1, 0.15) is 31.2 Å². The number of carbonyl (C=O) groups excluding carboxylic acids is 1. The number of amides is 1. The molecule has 1 fully saturated rings. The Morgan fingerprint density at radius 2 is 2.14 bits per heavy atom. The van der Waals surface area contributed by atoms with E-state index in [1.165, 1.54) is 6.42 Å². The van der Waals surface area contributed by atoms with Crippen LogP contribution in [-0.4, -0.2) is 37.0 Å². The van der Waals surface area contributed by atoms with E-state index in [9.17, 15) is 4.79 Å². The second kappa shape index (κ2) is 8.02. The van der Waals surface area contributed by atoms with E-state index in [1.54, 1.807) is 12.1 Å². The van der Waals surface area contributed by atoms with Crippen LogP contribution in [0.3, 0.4) is 0 Å². The number of benzene rings is 1. The van der Waals surface area contributed by atoms with Crippen LogP contribution >= 0.6 is 23.2 Å². The largest absolute Gasteiger partial charge is 0.339 e. The highest BCUT2D eigenvalue weighted by Crippen LogP contribution is 2.24. The van der Waals surface area contributed by atoms with Crippen molar-refractivity contribution in [2.45, 2.75) is 38.1 Å². The summed E-state index contributed by atoms with van der Waals surface area (Å²) in [6, 6.07) is 5.77. The summed E-state index contributed by atoms with van der Waals surface area (Å²) in [5.74, 6) is 0.189. The van der Waals surface area contributed by atoms with Crippen molar-refractivity contribution < 1.29 is 4.79 Å². The van der Waals surface area contributed by atoms with Gasteiger partial charge in [-0.05, 0) is 57.0 Å². The summed E-state index contributed by atoms with van der Waals surface area (Å²) >= 11 is 11.9. The van der Waals surface area contributed by atoms with E-state index in [0.29, 0.717) is 22.5 Å². The van der Waals surface area contributed by atoms with E-state index in [1.807, 2.05) is 18.0 Å². The average molecular weight is 329 g/mol. The van der Waals surface area contributed by atoms with E-state index in [-0.39, 0.29) is 5.91 Å².